The molecule has 30 heavy (non-hydrogen) atoms. The number of benzene rings is 2. The van der Waals surface area contributed by atoms with Crippen LogP contribution in [0.25, 0.3) is 6.08 Å². The van der Waals surface area contributed by atoms with Crippen molar-refractivity contribution in [1.29, 1.82) is 5.26 Å². The van der Waals surface area contributed by atoms with Gasteiger partial charge in [-0.3, -0.25) is 4.79 Å². The van der Waals surface area contributed by atoms with Crippen molar-refractivity contribution in [3.05, 3.63) is 57.6 Å². The number of halogens is 1. The first-order valence-corrected chi connectivity index (χ1v) is 9.83. The van der Waals surface area contributed by atoms with Crippen LogP contribution in [-0.4, -0.2) is 32.2 Å². The fraction of sp³-hybridized carbons (Fsp3) is 0.227. The van der Waals surface area contributed by atoms with E-state index >= 15 is 0 Å². The molecule has 0 bridgehead atoms. The lowest BCUT2D eigenvalue weighted by molar-refractivity contribution is -0.142. The smallest absolute Gasteiger partial charge is 0.343 e. The molecule has 0 radical (unpaired) electrons. The minimum Gasteiger partial charge on any atom is -0.490 e. The average molecular weight is 473 g/mol. The molecule has 0 spiro atoms. The molecule has 0 fully saturated rings. The molecule has 0 heterocycles. The van der Waals surface area contributed by atoms with Gasteiger partial charge in [-0.2, -0.15) is 5.26 Å². The van der Waals surface area contributed by atoms with E-state index in [1.165, 1.54) is 13.2 Å². The summed E-state index contributed by atoms with van der Waals surface area (Å²) >= 11 is 3.38. The standard InChI is InChI=1S/C22H21BrN2O5/c1-4-29-19-11-15(10-18(23)21(19)30-13-20(26)28-3)9-16(12-24)22(27)25-17-7-5-14(2)6-8-17/h5-11H,4,13H2,1-3H3,(H,25,27)/b16-9+. The molecule has 0 atom stereocenters. The quantitative estimate of drug-likeness (QED) is 0.350. The van der Waals surface area contributed by atoms with Crippen LogP contribution in [0.15, 0.2) is 46.4 Å². The van der Waals surface area contributed by atoms with Gasteiger partial charge >= 0.3 is 5.97 Å². The lowest BCUT2D eigenvalue weighted by atomic mass is 10.1. The summed E-state index contributed by atoms with van der Waals surface area (Å²) in [6.07, 6.45) is 1.45. The molecule has 7 nitrogen and oxygen atoms in total. The zero-order valence-electron chi connectivity index (χ0n) is 16.8. The molecule has 0 saturated heterocycles. The SMILES string of the molecule is CCOc1cc(/C=C(\C#N)C(=O)Nc2ccc(C)cc2)cc(Br)c1OCC(=O)OC. The van der Waals surface area contributed by atoms with E-state index < -0.39 is 11.9 Å². The van der Waals surface area contributed by atoms with E-state index in [4.69, 9.17) is 9.47 Å². The second-order valence-corrected chi connectivity index (χ2v) is 6.97. The van der Waals surface area contributed by atoms with Crippen LogP contribution in [0.4, 0.5) is 5.69 Å². The number of nitriles is 1. The number of aryl methyl sites for hydroxylation is 1. The maximum absolute atomic E-state index is 12.5. The summed E-state index contributed by atoms with van der Waals surface area (Å²) in [5.41, 5.74) is 2.13. The van der Waals surface area contributed by atoms with Gasteiger partial charge in [-0.05, 0) is 65.7 Å². The Bertz CT molecular complexity index is 994. The first-order valence-electron chi connectivity index (χ1n) is 9.03. The Morgan fingerprint density at radius 3 is 2.50 bits per heavy atom. The number of carbonyl (C=O) groups is 2. The number of nitrogens with one attached hydrogen (secondary N) is 1. The van der Waals surface area contributed by atoms with Crippen LogP contribution < -0.4 is 14.8 Å². The number of hydrogen-bond acceptors (Lipinski definition) is 6. The fourth-order valence-electron chi connectivity index (χ4n) is 2.41. The van der Waals surface area contributed by atoms with Crippen LogP contribution in [-0.2, 0) is 14.3 Å². The zero-order chi connectivity index (χ0) is 22.1. The van der Waals surface area contributed by atoms with Gasteiger partial charge in [-0.1, -0.05) is 17.7 Å². The summed E-state index contributed by atoms with van der Waals surface area (Å²) in [4.78, 5) is 23.9. The van der Waals surface area contributed by atoms with Gasteiger partial charge in [-0.15, -0.1) is 0 Å². The Morgan fingerprint density at radius 1 is 1.20 bits per heavy atom. The van der Waals surface area contributed by atoms with E-state index in [0.717, 1.165) is 5.56 Å². The van der Waals surface area contributed by atoms with Crippen molar-refractivity contribution >= 4 is 39.6 Å². The van der Waals surface area contributed by atoms with Gasteiger partial charge in [0, 0.05) is 5.69 Å². The van der Waals surface area contributed by atoms with Crippen LogP contribution >= 0.6 is 15.9 Å². The molecule has 8 heteroatoms. The van der Waals surface area contributed by atoms with Crippen LogP contribution in [0.3, 0.4) is 0 Å². The van der Waals surface area contributed by atoms with E-state index in [-0.39, 0.29) is 12.2 Å². The number of methoxy groups -OCH3 is 1. The van der Waals surface area contributed by atoms with Gasteiger partial charge in [0.25, 0.3) is 5.91 Å². The zero-order valence-corrected chi connectivity index (χ0v) is 18.4. The number of carbonyl (C=O) groups excluding carboxylic acids is 2. The van der Waals surface area contributed by atoms with Crippen molar-refractivity contribution < 1.29 is 23.8 Å². The van der Waals surface area contributed by atoms with Crippen molar-refractivity contribution in [3.8, 4) is 17.6 Å². The molecule has 1 amide bonds. The Kier molecular flexibility index (Phi) is 8.44. The molecule has 2 rings (SSSR count). The first kappa shape index (κ1) is 23.0. The van der Waals surface area contributed by atoms with Gasteiger partial charge in [0.1, 0.15) is 11.6 Å². The minimum absolute atomic E-state index is 0.0758. The van der Waals surface area contributed by atoms with Gasteiger partial charge in [0.05, 0.1) is 18.2 Å². The Hall–Kier alpha value is -3.31. The summed E-state index contributed by atoms with van der Waals surface area (Å²) in [6, 6.07) is 12.5. The second kappa shape index (κ2) is 11.0. The molecule has 0 aromatic heterocycles. The summed E-state index contributed by atoms with van der Waals surface area (Å²) in [5, 5.41) is 12.1. The first-order chi connectivity index (χ1) is 14.4. The number of esters is 1. The lowest BCUT2D eigenvalue weighted by Crippen LogP contribution is -2.14. The highest BCUT2D eigenvalue weighted by Crippen LogP contribution is 2.37. The third-order valence-corrected chi connectivity index (χ3v) is 4.47. The number of ether oxygens (including phenoxy) is 3. The maximum atomic E-state index is 12.5. The number of rotatable bonds is 8. The fourth-order valence-corrected chi connectivity index (χ4v) is 2.99. The lowest BCUT2D eigenvalue weighted by Gasteiger charge is -2.14. The highest BCUT2D eigenvalue weighted by molar-refractivity contribution is 9.10. The van der Waals surface area contributed by atoms with Crippen LogP contribution in [0.1, 0.15) is 18.1 Å². The predicted octanol–water partition coefficient (Wildman–Crippen LogP) is 4.25. The Morgan fingerprint density at radius 2 is 1.90 bits per heavy atom. The minimum atomic E-state index is -0.534. The molecular formula is C22H21BrN2O5. The van der Waals surface area contributed by atoms with E-state index in [0.29, 0.717) is 33.8 Å². The average Bonchev–Trinajstić information content (AvgIpc) is 2.72. The largest absolute Gasteiger partial charge is 0.490 e. The number of amides is 1. The molecule has 0 saturated carbocycles. The van der Waals surface area contributed by atoms with Crippen LogP contribution in [0.5, 0.6) is 11.5 Å². The molecule has 0 unspecified atom stereocenters. The molecule has 0 aliphatic carbocycles. The second-order valence-electron chi connectivity index (χ2n) is 6.12. The van der Waals surface area contributed by atoms with E-state index in [9.17, 15) is 14.9 Å². The van der Waals surface area contributed by atoms with E-state index in [2.05, 4.69) is 26.0 Å². The van der Waals surface area contributed by atoms with Crippen LogP contribution in [0.2, 0.25) is 0 Å². The maximum Gasteiger partial charge on any atom is 0.343 e. The van der Waals surface area contributed by atoms with Gasteiger partial charge in [0.15, 0.2) is 18.1 Å². The third kappa shape index (κ3) is 6.36. The number of hydrogen-bond donors (Lipinski definition) is 1. The van der Waals surface area contributed by atoms with Gasteiger partial charge in [0.2, 0.25) is 0 Å². The normalized spacial score (nSPS) is 10.7. The highest BCUT2D eigenvalue weighted by atomic mass is 79.9. The van der Waals surface area contributed by atoms with Crippen molar-refractivity contribution in [2.24, 2.45) is 0 Å². The molecule has 1 N–H and O–H groups in total. The molecule has 0 aliphatic rings. The topological polar surface area (TPSA) is 97.6 Å². The van der Waals surface area contributed by atoms with Crippen LogP contribution in [0, 0.1) is 18.3 Å². The van der Waals surface area contributed by atoms with Crippen molar-refractivity contribution in [3.63, 3.8) is 0 Å². The third-order valence-electron chi connectivity index (χ3n) is 3.88. The highest BCUT2D eigenvalue weighted by Gasteiger charge is 2.15. The van der Waals surface area contributed by atoms with Crippen molar-refractivity contribution in [2.45, 2.75) is 13.8 Å². The molecule has 2 aromatic carbocycles. The van der Waals surface area contributed by atoms with E-state index in [1.54, 1.807) is 31.2 Å². The summed E-state index contributed by atoms with van der Waals surface area (Å²) in [6.45, 7) is 3.81. The Labute approximate surface area is 183 Å². The molecule has 156 valence electrons. The summed E-state index contributed by atoms with van der Waals surface area (Å²) in [7, 11) is 1.27. The Balaban J connectivity index is 2.30. The predicted molar refractivity (Wildman–Crippen MR) is 116 cm³/mol. The van der Waals surface area contributed by atoms with E-state index in [1.807, 2.05) is 25.1 Å². The monoisotopic (exact) mass is 472 g/mol. The van der Waals surface area contributed by atoms with Crippen molar-refractivity contribution in [1.82, 2.24) is 0 Å². The summed E-state index contributed by atoms with van der Waals surface area (Å²) < 4.78 is 16.1. The molecular weight excluding hydrogens is 452 g/mol. The van der Waals surface area contributed by atoms with Gasteiger partial charge in [-0.25, -0.2) is 4.79 Å². The molecule has 0 aliphatic heterocycles. The van der Waals surface area contributed by atoms with Crippen molar-refractivity contribution in [2.75, 3.05) is 25.6 Å². The molecule has 2 aromatic rings. The summed E-state index contributed by atoms with van der Waals surface area (Å²) in [5.74, 6) is -0.380. The van der Waals surface area contributed by atoms with Gasteiger partial charge < -0.3 is 19.5 Å². The number of anilines is 1. The number of nitrogens with zero attached hydrogens (tertiary/aromatic N) is 1.